The Morgan fingerprint density at radius 1 is 1.31 bits per heavy atom. The standard InChI is InChI=1S/C8H12F3NO/c1-5(8(9,10)11)4-7(12)6(2)13-3/h4H,12H2,1-3H3/b5-4+,7-6-. The predicted molar refractivity (Wildman–Crippen MR) is 43.7 cm³/mol. The molecule has 76 valence electrons. The summed E-state index contributed by atoms with van der Waals surface area (Å²) >= 11 is 0. The van der Waals surface area contributed by atoms with Crippen LogP contribution in [0.25, 0.3) is 0 Å². The molecule has 0 fully saturated rings. The van der Waals surface area contributed by atoms with Crippen LogP contribution in [0.15, 0.2) is 23.1 Å². The maximum Gasteiger partial charge on any atom is 0.412 e. The molecule has 13 heavy (non-hydrogen) atoms. The van der Waals surface area contributed by atoms with E-state index in [1.165, 1.54) is 14.0 Å². The van der Waals surface area contributed by atoms with Gasteiger partial charge in [-0.2, -0.15) is 13.2 Å². The zero-order valence-electron chi connectivity index (χ0n) is 7.70. The van der Waals surface area contributed by atoms with Gasteiger partial charge in [-0.25, -0.2) is 0 Å². The molecule has 0 atom stereocenters. The number of methoxy groups -OCH3 is 1. The second kappa shape index (κ2) is 4.20. The summed E-state index contributed by atoms with van der Waals surface area (Å²) in [5, 5.41) is 0. The topological polar surface area (TPSA) is 35.2 Å². The van der Waals surface area contributed by atoms with Gasteiger partial charge in [0.1, 0.15) is 5.76 Å². The van der Waals surface area contributed by atoms with Gasteiger partial charge in [0.15, 0.2) is 0 Å². The van der Waals surface area contributed by atoms with Gasteiger partial charge in [0.25, 0.3) is 0 Å². The summed E-state index contributed by atoms with van der Waals surface area (Å²) in [4.78, 5) is 0. The number of ether oxygens (including phenoxy) is 1. The van der Waals surface area contributed by atoms with Gasteiger partial charge >= 0.3 is 6.18 Å². The highest BCUT2D eigenvalue weighted by Crippen LogP contribution is 2.25. The van der Waals surface area contributed by atoms with E-state index in [0.29, 0.717) is 0 Å². The number of halogens is 3. The number of allylic oxidation sites excluding steroid dienone is 3. The highest BCUT2D eigenvalue weighted by Gasteiger charge is 2.29. The van der Waals surface area contributed by atoms with Gasteiger partial charge in [-0.05, 0) is 19.9 Å². The van der Waals surface area contributed by atoms with Gasteiger partial charge in [0.05, 0.1) is 12.8 Å². The Labute approximate surface area is 74.9 Å². The van der Waals surface area contributed by atoms with E-state index >= 15 is 0 Å². The molecule has 0 amide bonds. The molecule has 0 unspecified atom stereocenters. The van der Waals surface area contributed by atoms with Crippen LogP contribution in [-0.2, 0) is 4.74 Å². The van der Waals surface area contributed by atoms with Crippen LogP contribution >= 0.6 is 0 Å². The third kappa shape index (κ3) is 3.87. The second-order valence-corrected chi connectivity index (χ2v) is 2.54. The predicted octanol–water partition coefficient (Wildman–Crippen LogP) is 2.33. The van der Waals surface area contributed by atoms with Crippen molar-refractivity contribution in [3.63, 3.8) is 0 Å². The number of nitrogens with two attached hydrogens (primary N) is 1. The molecule has 0 aliphatic carbocycles. The molecular weight excluding hydrogens is 183 g/mol. The summed E-state index contributed by atoms with van der Waals surface area (Å²) in [6.07, 6.45) is -3.49. The first kappa shape index (κ1) is 11.9. The fraction of sp³-hybridized carbons (Fsp3) is 0.500. The van der Waals surface area contributed by atoms with Gasteiger partial charge in [-0.15, -0.1) is 0 Å². The van der Waals surface area contributed by atoms with Gasteiger partial charge in [-0.3, -0.25) is 0 Å². The highest BCUT2D eigenvalue weighted by atomic mass is 19.4. The first-order chi connectivity index (χ1) is 5.79. The van der Waals surface area contributed by atoms with Crippen LogP contribution in [0.1, 0.15) is 13.8 Å². The summed E-state index contributed by atoms with van der Waals surface area (Å²) in [5.41, 5.74) is 4.54. The normalized spacial score (nSPS) is 15.4. The van der Waals surface area contributed by atoms with Gasteiger partial charge < -0.3 is 10.5 Å². The van der Waals surface area contributed by atoms with Crippen molar-refractivity contribution in [1.29, 1.82) is 0 Å². The van der Waals surface area contributed by atoms with Crippen LogP contribution in [0.5, 0.6) is 0 Å². The number of hydrogen-bond donors (Lipinski definition) is 1. The second-order valence-electron chi connectivity index (χ2n) is 2.54. The van der Waals surface area contributed by atoms with E-state index in [1.54, 1.807) is 0 Å². The third-order valence-electron chi connectivity index (χ3n) is 1.53. The Kier molecular flexibility index (Phi) is 3.84. The maximum atomic E-state index is 12.0. The molecule has 0 aromatic heterocycles. The lowest BCUT2D eigenvalue weighted by atomic mass is 10.2. The lowest BCUT2D eigenvalue weighted by Crippen LogP contribution is -2.11. The maximum absolute atomic E-state index is 12.0. The molecule has 0 aromatic carbocycles. The number of hydrogen-bond acceptors (Lipinski definition) is 2. The number of rotatable bonds is 2. The van der Waals surface area contributed by atoms with Gasteiger partial charge in [0, 0.05) is 5.57 Å². The summed E-state index contributed by atoms with van der Waals surface area (Å²) in [6.45, 7) is 2.45. The van der Waals surface area contributed by atoms with Crippen molar-refractivity contribution in [1.82, 2.24) is 0 Å². The van der Waals surface area contributed by atoms with Crippen molar-refractivity contribution in [2.45, 2.75) is 20.0 Å². The van der Waals surface area contributed by atoms with Crippen molar-refractivity contribution < 1.29 is 17.9 Å². The van der Waals surface area contributed by atoms with E-state index in [9.17, 15) is 13.2 Å². The monoisotopic (exact) mass is 195 g/mol. The zero-order chi connectivity index (χ0) is 10.6. The fourth-order valence-electron chi connectivity index (χ4n) is 0.535. The van der Waals surface area contributed by atoms with Crippen LogP contribution in [0.4, 0.5) is 13.2 Å². The molecule has 0 radical (unpaired) electrons. The Morgan fingerprint density at radius 2 is 1.77 bits per heavy atom. The smallest absolute Gasteiger partial charge is 0.412 e. The molecule has 0 aromatic rings. The number of alkyl halides is 3. The molecule has 0 heterocycles. The Balaban J connectivity index is 4.77. The van der Waals surface area contributed by atoms with Crippen molar-refractivity contribution in [2.75, 3.05) is 7.11 Å². The van der Waals surface area contributed by atoms with Crippen LogP contribution in [0.2, 0.25) is 0 Å². The molecule has 0 saturated carbocycles. The van der Waals surface area contributed by atoms with Crippen LogP contribution in [0, 0.1) is 0 Å². The summed E-state index contributed by atoms with van der Waals surface area (Å²) in [5.74, 6) is 0.267. The molecule has 0 saturated heterocycles. The summed E-state index contributed by atoms with van der Waals surface area (Å²) < 4.78 is 40.6. The first-order valence-electron chi connectivity index (χ1n) is 3.55. The van der Waals surface area contributed by atoms with E-state index in [0.717, 1.165) is 13.0 Å². The lowest BCUT2D eigenvalue weighted by molar-refractivity contribution is -0.0913. The fourth-order valence-corrected chi connectivity index (χ4v) is 0.535. The molecule has 0 bridgehead atoms. The van der Waals surface area contributed by atoms with Crippen molar-refractivity contribution in [2.24, 2.45) is 5.73 Å². The highest BCUT2D eigenvalue weighted by molar-refractivity contribution is 5.24. The minimum Gasteiger partial charge on any atom is -0.499 e. The van der Waals surface area contributed by atoms with Crippen molar-refractivity contribution >= 4 is 0 Å². The van der Waals surface area contributed by atoms with Gasteiger partial charge in [-0.1, -0.05) is 0 Å². The quantitative estimate of drug-likeness (QED) is 0.542. The molecule has 5 heteroatoms. The first-order valence-corrected chi connectivity index (χ1v) is 3.55. The molecule has 0 aliphatic heterocycles. The Morgan fingerprint density at radius 3 is 2.08 bits per heavy atom. The third-order valence-corrected chi connectivity index (χ3v) is 1.53. The SMILES string of the molecule is CO/C(C)=C(N)/C=C(\C)C(F)(F)F. The van der Waals surface area contributed by atoms with E-state index in [1.807, 2.05) is 0 Å². The largest absolute Gasteiger partial charge is 0.499 e. The van der Waals surface area contributed by atoms with Crippen LogP contribution < -0.4 is 5.73 Å². The average molecular weight is 195 g/mol. The van der Waals surface area contributed by atoms with Crippen molar-refractivity contribution in [3.05, 3.63) is 23.1 Å². The van der Waals surface area contributed by atoms with Crippen LogP contribution in [0.3, 0.4) is 0 Å². The molecule has 0 spiro atoms. The van der Waals surface area contributed by atoms with Crippen LogP contribution in [-0.4, -0.2) is 13.3 Å². The van der Waals surface area contributed by atoms with Gasteiger partial charge in [0.2, 0.25) is 0 Å². The Hall–Kier alpha value is -1.13. The molecule has 0 rings (SSSR count). The summed E-state index contributed by atoms with van der Waals surface area (Å²) in [7, 11) is 1.35. The van der Waals surface area contributed by atoms with E-state index < -0.39 is 11.7 Å². The lowest BCUT2D eigenvalue weighted by Gasteiger charge is -2.07. The average Bonchev–Trinajstić information content (AvgIpc) is 2.01. The van der Waals surface area contributed by atoms with Crippen molar-refractivity contribution in [3.8, 4) is 0 Å². The van der Waals surface area contributed by atoms with E-state index in [2.05, 4.69) is 4.74 Å². The molecular formula is C8H12F3NO. The van der Waals surface area contributed by atoms with E-state index in [4.69, 9.17) is 5.73 Å². The molecule has 0 aliphatic rings. The Bertz CT molecular complexity index is 240. The minimum atomic E-state index is -4.33. The molecule has 2 N–H and O–H groups in total. The summed E-state index contributed by atoms with van der Waals surface area (Å²) in [6, 6.07) is 0. The van der Waals surface area contributed by atoms with E-state index in [-0.39, 0.29) is 11.5 Å². The minimum absolute atomic E-state index is 0.0164. The molecule has 2 nitrogen and oxygen atoms in total. The zero-order valence-corrected chi connectivity index (χ0v) is 7.70.